The molecule has 3 heterocycles. The summed E-state index contributed by atoms with van der Waals surface area (Å²) in [6.07, 6.45) is 0.406. The molecular formula is C24H24ClN3O4. The molecule has 2 aromatic carbocycles. The van der Waals surface area contributed by atoms with Crippen molar-refractivity contribution in [2.45, 2.75) is 37.5 Å². The van der Waals surface area contributed by atoms with Gasteiger partial charge in [0.1, 0.15) is 5.54 Å². The number of carbonyl (C=O) groups is 3. The van der Waals surface area contributed by atoms with E-state index >= 15 is 0 Å². The van der Waals surface area contributed by atoms with Gasteiger partial charge in [-0.1, -0.05) is 55.3 Å². The molecule has 7 nitrogen and oxygen atoms in total. The minimum absolute atomic E-state index is 0.310. The zero-order valence-electron chi connectivity index (χ0n) is 17.5. The monoisotopic (exact) mass is 453 g/mol. The molecule has 3 aliphatic heterocycles. The zero-order valence-corrected chi connectivity index (χ0v) is 18.3. The fraction of sp³-hybridized carbons (Fsp3) is 0.375. The van der Waals surface area contributed by atoms with E-state index in [2.05, 4.69) is 10.6 Å². The van der Waals surface area contributed by atoms with Gasteiger partial charge in [-0.25, -0.2) is 0 Å². The number of likely N-dealkylation sites (tertiary alicyclic amines) is 1. The van der Waals surface area contributed by atoms with Crippen molar-refractivity contribution in [2.24, 2.45) is 11.8 Å². The van der Waals surface area contributed by atoms with Crippen LogP contribution >= 0.6 is 11.6 Å². The molecule has 0 bridgehead atoms. The Morgan fingerprint density at radius 3 is 2.53 bits per heavy atom. The Labute approximate surface area is 190 Å². The van der Waals surface area contributed by atoms with Crippen LogP contribution in [0.25, 0.3) is 0 Å². The van der Waals surface area contributed by atoms with Gasteiger partial charge in [0.2, 0.25) is 17.7 Å². The first kappa shape index (κ1) is 21.1. The summed E-state index contributed by atoms with van der Waals surface area (Å²) >= 11 is 5.99. The van der Waals surface area contributed by atoms with E-state index in [-0.39, 0.29) is 17.7 Å². The largest absolute Gasteiger partial charge is 0.387 e. The predicted octanol–water partition coefficient (Wildman–Crippen LogP) is 2.59. The number of aliphatic hydroxyl groups excluding tert-OH is 1. The quantitative estimate of drug-likeness (QED) is 0.604. The molecule has 0 unspecified atom stereocenters. The lowest BCUT2D eigenvalue weighted by atomic mass is 9.76. The van der Waals surface area contributed by atoms with Crippen LogP contribution in [0.3, 0.4) is 0 Å². The second-order valence-electron chi connectivity index (χ2n) is 8.66. The molecule has 32 heavy (non-hydrogen) atoms. The molecule has 166 valence electrons. The van der Waals surface area contributed by atoms with Gasteiger partial charge in [0.15, 0.2) is 0 Å². The number of anilines is 1. The van der Waals surface area contributed by atoms with E-state index in [1.54, 1.807) is 48.5 Å². The number of nitrogens with one attached hydrogen (secondary N) is 2. The van der Waals surface area contributed by atoms with Crippen molar-refractivity contribution in [1.29, 1.82) is 0 Å². The highest BCUT2D eigenvalue weighted by Crippen LogP contribution is 2.54. The van der Waals surface area contributed by atoms with Crippen LogP contribution in [0.15, 0.2) is 48.5 Å². The Hall–Kier alpha value is -2.74. The first-order chi connectivity index (χ1) is 15.4. The van der Waals surface area contributed by atoms with Crippen molar-refractivity contribution in [3.05, 3.63) is 64.7 Å². The van der Waals surface area contributed by atoms with E-state index < -0.39 is 29.5 Å². The highest BCUT2D eigenvalue weighted by atomic mass is 35.5. The van der Waals surface area contributed by atoms with Gasteiger partial charge in [0, 0.05) is 22.8 Å². The maximum Gasteiger partial charge on any atom is 0.250 e. The Balaban J connectivity index is 1.63. The van der Waals surface area contributed by atoms with Gasteiger partial charge in [-0.3, -0.25) is 24.6 Å². The van der Waals surface area contributed by atoms with E-state index in [9.17, 15) is 19.5 Å². The maximum atomic E-state index is 13.6. The summed E-state index contributed by atoms with van der Waals surface area (Å²) in [4.78, 5) is 41.7. The van der Waals surface area contributed by atoms with Crippen LogP contribution in [0.4, 0.5) is 5.69 Å². The lowest BCUT2D eigenvalue weighted by Crippen LogP contribution is -2.54. The molecule has 0 saturated carbocycles. The standard InChI is InChI=1S/C24H24ClN3O4/c1-2-3-12-28-21(30)17-18(22(28)31)24(15-6-4-5-7-16(15)26-23(24)32)27-19(17)20(29)13-8-10-14(25)11-9-13/h4-11,17-20,27,29H,2-3,12H2,1H3,(H,26,32)/t17-,18-,19+,20+,24-/m0/s1. The fourth-order valence-corrected chi connectivity index (χ4v) is 5.55. The van der Waals surface area contributed by atoms with Crippen LogP contribution in [0.5, 0.6) is 0 Å². The van der Waals surface area contributed by atoms with E-state index in [4.69, 9.17) is 11.6 Å². The number of para-hydroxylation sites is 1. The molecule has 2 saturated heterocycles. The Bertz CT molecular complexity index is 1100. The van der Waals surface area contributed by atoms with Crippen molar-refractivity contribution < 1.29 is 19.5 Å². The highest BCUT2D eigenvalue weighted by molar-refractivity contribution is 6.30. The van der Waals surface area contributed by atoms with E-state index in [0.29, 0.717) is 34.8 Å². The Morgan fingerprint density at radius 2 is 1.81 bits per heavy atom. The number of amides is 3. The molecule has 3 aliphatic rings. The van der Waals surface area contributed by atoms with Gasteiger partial charge in [0.05, 0.1) is 24.0 Å². The molecule has 0 aliphatic carbocycles. The number of hydrogen-bond acceptors (Lipinski definition) is 5. The maximum absolute atomic E-state index is 13.6. The van der Waals surface area contributed by atoms with Crippen molar-refractivity contribution in [3.8, 4) is 0 Å². The molecule has 3 amide bonds. The van der Waals surface area contributed by atoms with Crippen LogP contribution in [-0.4, -0.2) is 40.3 Å². The molecule has 5 atom stereocenters. The third kappa shape index (κ3) is 2.85. The first-order valence-corrected chi connectivity index (χ1v) is 11.3. The summed E-state index contributed by atoms with van der Waals surface area (Å²) in [5, 5.41) is 17.9. The summed E-state index contributed by atoms with van der Waals surface area (Å²) < 4.78 is 0. The minimum atomic E-state index is -1.41. The van der Waals surface area contributed by atoms with Crippen molar-refractivity contribution in [1.82, 2.24) is 10.2 Å². The molecule has 0 aromatic heterocycles. The van der Waals surface area contributed by atoms with Gasteiger partial charge in [-0.15, -0.1) is 0 Å². The van der Waals surface area contributed by atoms with Gasteiger partial charge < -0.3 is 10.4 Å². The van der Waals surface area contributed by atoms with Crippen LogP contribution in [0.2, 0.25) is 5.02 Å². The van der Waals surface area contributed by atoms with Gasteiger partial charge in [0.25, 0.3) is 0 Å². The van der Waals surface area contributed by atoms with Crippen molar-refractivity contribution >= 4 is 35.0 Å². The average Bonchev–Trinajstić information content (AvgIpc) is 3.38. The normalized spacial score (nSPS) is 29.4. The van der Waals surface area contributed by atoms with E-state index in [0.717, 1.165) is 6.42 Å². The topological polar surface area (TPSA) is 98.7 Å². The van der Waals surface area contributed by atoms with Gasteiger partial charge in [-0.05, 0) is 30.2 Å². The summed E-state index contributed by atoms with van der Waals surface area (Å²) in [7, 11) is 0. The molecule has 5 rings (SSSR count). The van der Waals surface area contributed by atoms with Crippen molar-refractivity contribution in [3.63, 3.8) is 0 Å². The van der Waals surface area contributed by atoms with Crippen LogP contribution < -0.4 is 10.6 Å². The molecule has 2 aromatic rings. The number of benzene rings is 2. The van der Waals surface area contributed by atoms with E-state index in [1.807, 2.05) is 6.92 Å². The van der Waals surface area contributed by atoms with Crippen LogP contribution in [-0.2, 0) is 19.9 Å². The summed E-state index contributed by atoms with van der Waals surface area (Å²) in [6.45, 7) is 2.30. The SMILES string of the molecule is CCCCN1C(=O)[C@@H]2[C@H]([C@H](O)c3ccc(Cl)cc3)N[C@]3(C(=O)Nc4ccccc43)[C@@H]2C1=O. The highest BCUT2D eigenvalue weighted by Gasteiger charge is 2.71. The van der Waals surface area contributed by atoms with Crippen LogP contribution in [0, 0.1) is 11.8 Å². The second-order valence-corrected chi connectivity index (χ2v) is 9.10. The number of hydrogen-bond donors (Lipinski definition) is 3. The fourth-order valence-electron chi connectivity index (χ4n) is 5.42. The molecular weight excluding hydrogens is 430 g/mol. The number of carbonyl (C=O) groups excluding carboxylic acids is 3. The van der Waals surface area contributed by atoms with Crippen molar-refractivity contribution in [2.75, 3.05) is 11.9 Å². The number of rotatable bonds is 5. The summed E-state index contributed by atoms with van der Waals surface area (Å²) in [5.74, 6) is -2.87. The number of unbranched alkanes of at least 4 members (excludes halogenated alkanes) is 1. The Kier molecular flexibility index (Phi) is 5.08. The third-order valence-electron chi connectivity index (χ3n) is 6.94. The molecule has 0 radical (unpaired) electrons. The number of fused-ring (bicyclic) bond motifs is 4. The lowest BCUT2D eigenvalue weighted by Gasteiger charge is -2.30. The summed E-state index contributed by atoms with van der Waals surface area (Å²) in [5.41, 5.74) is 0.385. The second kappa shape index (κ2) is 7.69. The number of aliphatic hydroxyl groups is 1. The average molecular weight is 454 g/mol. The smallest absolute Gasteiger partial charge is 0.250 e. The van der Waals surface area contributed by atoms with E-state index in [1.165, 1.54) is 4.90 Å². The number of nitrogens with zero attached hydrogens (tertiary/aromatic N) is 1. The molecule has 1 spiro atoms. The van der Waals surface area contributed by atoms with Gasteiger partial charge >= 0.3 is 0 Å². The molecule has 2 fully saturated rings. The summed E-state index contributed by atoms with van der Waals surface area (Å²) in [6, 6.07) is 13.1. The third-order valence-corrected chi connectivity index (χ3v) is 7.19. The first-order valence-electron chi connectivity index (χ1n) is 10.9. The Morgan fingerprint density at radius 1 is 1.09 bits per heavy atom. The number of imide groups is 1. The number of halogens is 1. The van der Waals surface area contributed by atoms with Gasteiger partial charge in [-0.2, -0.15) is 0 Å². The van der Waals surface area contributed by atoms with Crippen LogP contribution in [0.1, 0.15) is 37.0 Å². The molecule has 3 N–H and O–H groups in total. The minimum Gasteiger partial charge on any atom is -0.387 e. The lowest BCUT2D eigenvalue weighted by molar-refractivity contribution is -0.143. The zero-order chi connectivity index (χ0) is 22.6. The predicted molar refractivity (Wildman–Crippen MR) is 119 cm³/mol. The molecule has 8 heteroatoms.